The summed E-state index contributed by atoms with van der Waals surface area (Å²) in [4.78, 5) is 39.8. The van der Waals surface area contributed by atoms with Crippen LogP contribution in [-0.2, 0) is 19.1 Å². The lowest BCUT2D eigenvalue weighted by atomic mass is 10.1. The van der Waals surface area contributed by atoms with Crippen molar-refractivity contribution in [3.8, 4) is 0 Å². The zero-order chi connectivity index (χ0) is 17.6. The molecule has 1 heterocycles. The van der Waals surface area contributed by atoms with Crippen LogP contribution in [0.1, 0.15) is 27.2 Å². The van der Waals surface area contributed by atoms with E-state index in [4.69, 9.17) is 4.74 Å². The molecule has 1 atom stereocenters. The molecule has 0 unspecified atom stereocenters. The summed E-state index contributed by atoms with van der Waals surface area (Å²) in [6, 6.07) is -1.05. The van der Waals surface area contributed by atoms with Gasteiger partial charge in [0.25, 0.3) is 0 Å². The number of nitrogens with zero attached hydrogens (tertiary/aromatic N) is 2. The Morgan fingerprint density at radius 1 is 1.13 bits per heavy atom. The number of alkyl carbamates (subject to hydrolysis) is 1. The van der Waals surface area contributed by atoms with E-state index in [0.717, 1.165) is 13.1 Å². The lowest BCUT2D eigenvalue weighted by Gasteiger charge is -2.33. The Bertz CT molecular complexity index is 439. The molecule has 2 amide bonds. The first-order valence-electron chi connectivity index (χ1n) is 7.66. The van der Waals surface area contributed by atoms with E-state index in [0.29, 0.717) is 13.1 Å². The van der Waals surface area contributed by atoms with Crippen LogP contribution in [-0.4, -0.2) is 79.7 Å². The number of hydrogen-bond donors (Lipinski definition) is 1. The lowest BCUT2D eigenvalue weighted by molar-refractivity contribution is -0.146. The molecule has 0 aromatic carbocycles. The van der Waals surface area contributed by atoms with E-state index in [-0.39, 0.29) is 12.3 Å². The van der Waals surface area contributed by atoms with Crippen LogP contribution in [0.3, 0.4) is 0 Å². The van der Waals surface area contributed by atoms with Crippen molar-refractivity contribution in [1.82, 2.24) is 15.1 Å². The van der Waals surface area contributed by atoms with Gasteiger partial charge in [0.05, 0.1) is 13.5 Å². The van der Waals surface area contributed by atoms with Gasteiger partial charge in [-0.2, -0.15) is 0 Å². The Hall–Kier alpha value is -1.83. The van der Waals surface area contributed by atoms with Gasteiger partial charge in [0.1, 0.15) is 11.6 Å². The third-order valence-corrected chi connectivity index (χ3v) is 3.41. The third kappa shape index (κ3) is 6.85. The summed E-state index contributed by atoms with van der Waals surface area (Å²) in [6.45, 7) is 7.94. The summed E-state index contributed by atoms with van der Waals surface area (Å²) in [5, 5.41) is 2.41. The maximum absolute atomic E-state index is 12.3. The molecule has 1 rings (SSSR count). The molecule has 0 saturated carbocycles. The fraction of sp³-hybridized carbons (Fsp3) is 0.800. The van der Waals surface area contributed by atoms with Gasteiger partial charge in [0, 0.05) is 26.2 Å². The first-order valence-corrected chi connectivity index (χ1v) is 7.66. The summed E-state index contributed by atoms with van der Waals surface area (Å²) < 4.78 is 9.78. The van der Waals surface area contributed by atoms with E-state index in [2.05, 4.69) is 15.0 Å². The number of nitrogens with one attached hydrogen (secondary N) is 1. The first-order chi connectivity index (χ1) is 10.6. The highest BCUT2D eigenvalue weighted by molar-refractivity contribution is 5.88. The fourth-order valence-corrected chi connectivity index (χ4v) is 2.14. The average molecular weight is 329 g/mol. The Morgan fingerprint density at radius 3 is 2.17 bits per heavy atom. The van der Waals surface area contributed by atoms with Gasteiger partial charge >= 0.3 is 12.1 Å². The number of piperazine rings is 1. The molecule has 0 radical (unpaired) electrons. The monoisotopic (exact) mass is 329 g/mol. The van der Waals surface area contributed by atoms with Crippen LogP contribution < -0.4 is 5.32 Å². The number of likely N-dealkylation sites (N-methyl/N-ethyl adjacent to an activating group) is 1. The molecule has 1 aliphatic rings. The van der Waals surface area contributed by atoms with Crippen LogP contribution in [0.2, 0.25) is 0 Å². The number of rotatable bonds is 4. The summed E-state index contributed by atoms with van der Waals surface area (Å²) >= 11 is 0. The van der Waals surface area contributed by atoms with Gasteiger partial charge < -0.3 is 24.6 Å². The minimum Gasteiger partial charge on any atom is -0.467 e. The summed E-state index contributed by atoms with van der Waals surface area (Å²) in [7, 11) is 3.20. The Kier molecular flexibility index (Phi) is 6.80. The molecule has 1 aliphatic heterocycles. The maximum atomic E-state index is 12.3. The molecule has 0 bridgehead atoms. The second-order valence-corrected chi connectivity index (χ2v) is 6.61. The van der Waals surface area contributed by atoms with Crippen molar-refractivity contribution in [3.05, 3.63) is 0 Å². The minimum atomic E-state index is -1.05. The molecule has 132 valence electrons. The first kappa shape index (κ1) is 19.2. The smallest absolute Gasteiger partial charge is 0.408 e. The van der Waals surface area contributed by atoms with Gasteiger partial charge in [-0.05, 0) is 27.8 Å². The lowest BCUT2D eigenvalue weighted by Crippen LogP contribution is -2.51. The second kappa shape index (κ2) is 8.14. The molecule has 23 heavy (non-hydrogen) atoms. The molecular weight excluding hydrogens is 302 g/mol. The largest absolute Gasteiger partial charge is 0.467 e. The zero-order valence-corrected chi connectivity index (χ0v) is 14.5. The van der Waals surface area contributed by atoms with Crippen molar-refractivity contribution in [2.45, 2.75) is 38.8 Å². The standard InChI is InChI=1S/C15H27N3O5/c1-15(2,3)23-14(21)16-11(13(20)22-5)10-12(19)18-8-6-17(4)7-9-18/h11H,6-10H2,1-5H3,(H,16,21)/t11-/m0/s1. The van der Waals surface area contributed by atoms with E-state index >= 15 is 0 Å². The van der Waals surface area contributed by atoms with E-state index in [9.17, 15) is 14.4 Å². The van der Waals surface area contributed by atoms with Crippen molar-refractivity contribution in [1.29, 1.82) is 0 Å². The molecule has 0 aliphatic carbocycles. The third-order valence-electron chi connectivity index (χ3n) is 3.41. The van der Waals surface area contributed by atoms with E-state index in [1.807, 2.05) is 7.05 Å². The SMILES string of the molecule is COC(=O)[C@H](CC(=O)N1CCN(C)CC1)NC(=O)OC(C)(C)C. The Morgan fingerprint density at radius 2 is 1.70 bits per heavy atom. The van der Waals surface area contributed by atoms with Crippen LogP contribution in [0.25, 0.3) is 0 Å². The number of carbonyl (C=O) groups is 3. The number of hydrogen-bond acceptors (Lipinski definition) is 6. The van der Waals surface area contributed by atoms with Crippen molar-refractivity contribution in [2.75, 3.05) is 40.3 Å². The molecule has 1 fully saturated rings. The van der Waals surface area contributed by atoms with Gasteiger partial charge in [-0.1, -0.05) is 0 Å². The minimum absolute atomic E-state index is 0.143. The average Bonchev–Trinajstić information content (AvgIpc) is 2.44. The van der Waals surface area contributed by atoms with Crippen molar-refractivity contribution >= 4 is 18.0 Å². The van der Waals surface area contributed by atoms with Gasteiger partial charge in [-0.25, -0.2) is 9.59 Å². The number of ether oxygens (including phenoxy) is 2. The van der Waals surface area contributed by atoms with Crippen LogP contribution >= 0.6 is 0 Å². The molecule has 8 nitrogen and oxygen atoms in total. The molecule has 1 saturated heterocycles. The number of esters is 1. The molecule has 1 N–H and O–H groups in total. The molecule has 0 spiro atoms. The van der Waals surface area contributed by atoms with Gasteiger partial charge in [-0.15, -0.1) is 0 Å². The number of amides is 2. The van der Waals surface area contributed by atoms with Gasteiger partial charge in [0.15, 0.2) is 0 Å². The second-order valence-electron chi connectivity index (χ2n) is 6.61. The van der Waals surface area contributed by atoms with Crippen LogP contribution in [0.5, 0.6) is 0 Å². The summed E-state index contributed by atoms with van der Waals surface area (Å²) in [6.07, 6.45) is -0.894. The van der Waals surface area contributed by atoms with E-state index in [1.54, 1.807) is 25.7 Å². The highest BCUT2D eigenvalue weighted by Crippen LogP contribution is 2.09. The summed E-state index contributed by atoms with van der Waals surface area (Å²) in [5.41, 5.74) is -0.688. The van der Waals surface area contributed by atoms with Crippen molar-refractivity contribution < 1.29 is 23.9 Å². The predicted octanol–water partition coefficient (Wildman–Crippen LogP) is 0.217. The van der Waals surface area contributed by atoms with Gasteiger partial charge in [0.2, 0.25) is 5.91 Å². The maximum Gasteiger partial charge on any atom is 0.408 e. The van der Waals surface area contributed by atoms with Crippen LogP contribution in [0.4, 0.5) is 4.79 Å². The molecular formula is C15H27N3O5. The predicted molar refractivity (Wildman–Crippen MR) is 83.9 cm³/mol. The normalized spacial score (nSPS) is 17.3. The molecule has 8 heteroatoms. The van der Waals surface area contributed by atoms with Crippen molar-refractivity contribution in [3.63, 3.8) is 0 Å². The van der Waals surface area contributed by atoms with E-state index < -0.39 is 23.7 Å². The quantitative estimate of drug-likeness (QED) is 0.742. The fourth-order valence-electron chi connectivity index (χ4n) is 2.14. The highest BCUT2D eigenvalue weighted by atomic mass is 16.6. The Labute approximate surface area is 137 Å². The topological polar surface area (TPSA) is 88.2 Å². The van der Waals surface area contributed by atoms with Crippen LogP contribution in [0, 0.1) is 0 Å². The highest BCUT2D eigenvalue weighted by Gasteiger charge is 2.29. The number of carbonyl (C=O) groups excluding carboxylic acids is 3. The van der Waals surface area contributed by atoms with Crippen LogP contribution in [0.15, 0.2) is 0 Å². The number of methoxy groups -OCH3 is 1. The van der Waals surface area contributed by atoms with E-state index in [1.165, 1.54) is 7.11 Å². The summed E-state index contributed by atoms with van der Waals surface area (Å²) in [5.74, 6) is -0.858. The zero-order valence-electron chi connectivity index (χ0n) is 14.5. The Balaban J connectivity index is 2.62. The van der Waals surface area contributed by atoms with Gasteiger partial charge in [-0.3, -0.25) is 4.79 Å². The van der Waals surface area contributed by atoms with Crippen molar-refractivity contribution in [2.24, 2.45) is 0 Å². The molecule has 0 aromatic rings. The molecule has 0 aromatic heterocycles.